The molecule has 1 aromatic rings. The third-order valence-corrected chi connectivity index (χ3v) is 2.28. The van der Waals surface area contributed by atoms with Crippen LogP contribution in [0.2, 0.25) is 0 Å². The summed E-state index contributed by atoms with van der Waals surface area (Å²) in [6, 6.07) is 4.15. The molecule has 3 heteroatoms. The van der Waals surface area contributed by atoms with Crippen molar-refractivity contribution in [3.63, 3.8) is 0 Å². The molecule has 1 rings (SSSR count). The Labute approximate surface area is 85.0 Å². The molecule has 0 fully saturated rings. The van der Waals surface area contributed by atoms with E-state index >= 15 is 0 Å². The van der Waals surface area contributed by atoms with Crippen LogP contribution < -0.4 is 11.3 Å². The molecule has 1 heterocycles. The molecule has 0 aliphatic rings. The lowest BCUT2D eigenvalue weighted by Gasteiger charge is -2.16. The second kappa shape index (κ2) is 5.52. The van der Waals surface area contributed by atoms with Crippen molar-refractivity contribution in [3.8, 4) is 0 Å². The highest BCUT2D eigenvalue weighted by Gasteiger charge is 2.10. The van der Waals surface area contributed by atoms with Gasteiger partial charge in [0.1, 0.15) is 0 Å². The van der Waals surface area contributed by atoms with Crippen molar-refractivity contribution in [2.24, 2.45) is 5.84 Å². The number of allylic oxidation sites excluding steroid dienone is 1. The minimum atomic E-state index is 0.168. The minimum Gasteiger partial charge on any atom is -0.271 e. The van der Waals surface area contributed by atoms with Gasteiger partial charge in [0.05, 0.1) is 0 Å². The van der Waals surface area contributed by atoms with Gasteiger partial charge in [-0.2, -0.15) is 0 Å². The van der Waals surface area contributed by atoms with Crippen LogP contribution in [0.4, 0.5) is 0 Å². The van der Waals surface area contributed by atoms with E-state index in [9.17, 15) is 0 Å². The van der Waals surface area contributed by atoms with Crippen molar-refractivity contribution in [3.05, 3.63) is 42.2 Å². The molecule has 76 valence electrons. The number of hydrazine groups is 1. The lowest BCUT2D eigenvalue weighted by atomic mass is 10.0. The Hall–Kier alpha value is -1.19. The standard InChI is InChI=1S/C11H17N3/c1-3-4-7-11(14-12)10-6-5-8-13-9(10)2/h3,5-6,8,11,14H,1,4,7,12H2,2H3. The Bertz CT molecular complexity index is 296. The quantitative estimate of drug-likeness (QED) is 0.424. The van der Waals surface area contributed by atoms with Gasteiger partial charge in [-0.3, -0.25) is 16.3 Å². The summed E-state index contributed by atoms with van der Waals surface area (Å²) >= 11 is 0. The van der Waals surface area contributed by atoms with E-state index in [1.807, 2.05) is 19.1 Å². The van der Waals surface area contributed by atoms with Crippen LogP contribution in [0.1, 0.15) is 30.1 Å². The topological polar surface area (TPSA) is 50.9 Å². The lowest BCUT2D eigenvalue weighted by Crippen LogP contribution is -2.28. The van der Waals surface area contributed by atoms with Gasteiger partial charge in [0.2, 0.25) is 0 Å². The fourth-order valence-electron chi connectivity index (χ4n) is 1.48. The van der Waals surface area contributed by atoms with E-state index in [1.54, 1.807) is 6.20 Å². The first-order chi connectivity index (χ1) is 6.79. The third kappa shape index (κ3) is 2.65. The largest absolute Gasteiger partial charge is 0.271 e. The molecule has 14 heavy (non-hydrogen) atoms. The number of hydrogen-bond acceptors (Lipinski definition) is 3. The van der Waals surface area contributed by atoms with Crippen molar-refractivity contribution in [1.29, 1.82) is 0 Å². The summed E-state index contributed by atoms with van der Waals surface area (Å²) in [5, 5.41) is 0. The van der Waals surface area contributed by atoms with Gasteiger partial charge in [-0.25, -0.2) is 0 Å². The van der Waals surface area contributed by atoms with Gasteiger partial charge in [0, 0.05) is 17.9 Å². The number of nitrogens with two attached hydrogens (primary N) is 1. The zero-order chi connectivity index (χ0) is 10.4. The van der Waals surface area contributed by atoms with E-state index < -0.39 is 0 Å². The van der Waals surface area contributed by atoms with Crippen LogP contribution in [0.3, 0.4) is 0 Å². The van der Waals surface area contributed by atoms with Crippen LogP contribution in [-0.4, -0.2) is 4.98 Å². The van der Waals surface area contributed by atoms with Gasteiger partial charge < -0.3 is 0 Å². The minimum absolute atomic E-state index is 0.168. The Morgan fingerprint density at radius 1 is 1.71 bits per heavy atom. The summed E-state index contributed by atoms with van der Waals surface area (Å²) in [4.78, 5) is 4.23. The fourth-order valence-corrected chi connectivity index (χ4v) is 1.48. The first-order valence-corrected chi connectivity index (χ1v) is 4.78. The van der Waals surface area contributed by atoms with Gasteiger partial charge in [-0.05, 0) is 31.4 Å². The van der Waals surface area contributed by atoms with E-state index in [2.05, 4.69) is 23.1 Å². The number of aryl methyl sites for hydroxylation is 1. The molecule has 0 saturated heterocycles. The number of hydrogen-bond donors (Lipinski definition) is 2. The molecule has 0 amide bonds. The molecule has 0 bridgehead atoms. The van der Waals surface area contributed by atoms with E-state index in [-0.39, 0.29) is 6.04 Å². The maximum absolute atomic E-state index is 5.50. The average Bonchev–Trinajstić information content (AvgIpc) is 2.21. The zero-order valence-electron chi connectivity index (χ0n) is 8.53. The monoisotopic (exact) mass is 191 g/mol. The maximum atomic E-state index is 5.50. The van der Waals surface area contributed by atoms with Crippen molar-refractivity contribution in [1.82, 2.24) is 10.4 Å². The second-order valence-corrected chi connectivity index (χ2v) is 3.26. The molecule has 0 aliphatic heterocycles. The van der Waals surface area contributed by atoms with Crippen LogP contribution in [0.25, 0.3) is 0 Å². The normalized spacial score (nSPS) is 12.4. The molecule has 1 aromatic heterocycles. The van der Waals surface area contributed by atoms with Crippen LogP contribution in [0, 0.1) is 6.92 Å². The fraction of sp³-hybridized carbons (Fsp3) is 0.364. The highest BCUT2D eigenvalue weighted by atomic mass is 15.2. The molecule has 0 saturated carbocycles. The Balaban J connectivity index is 2.78. The number of nitrogens with zero attached hydrogens (tertiary/aromatic N) is 1. The summed E-state index contributed by atoms with van der Waals surface area (Å²) in [5.74, 6) is 5.50. The van der Waals surface area contributed by atoms with Gasteiger partial charge >= 0.3 is 0 Å². The SMILES string of the molecule is C=CCCC(NN)c1cccnc1C. The molecule has 3 nitrogen and oxygen atoms in total. The molecule has 0 spiro atoms. The molecular formula is C11H17N3. The average molecular weight is 191 g/mol. The van der Waals surface area contributed by atoms with E-state index in [0.29, 0.717) is 0 Å². The summed E-state index contributed by atoms with van der Waals surface area (Å²) in [6.45, 7) is 5.69. The summed E-state index contributed by atoms with van der Waals surface area (Å²) in [7, 11) is 0. The van der Waals surface area contributed by atoms with E-state index in [0.717, 1.165) is 24.1 Å². The second-order valence-electron chi connectivity index (χ2n) is 3.26. The predicted octanol–water partition coefficient (Wildman–Crippen LogP) is 1.86. The number of nitrogens with one attached hydrogen (secondary N) is 1. The molecule has 1 atom stereocenters. The maximum Gasteiger partial charge on any atom is 0.0480 e. The molecule has 1 unspecified atom stereocenters. The van der Waals surface area contributed by atoms with Crippen molar-refractivity contribution >= 4 is 0 Å². The lowest BCUT2D eigenvalue weighted by molar-refractivity contribution is 0.516. The van der Waals surface area contributed by atoms with E-state index in [1.165, 1.54) is 0 Å². The zero-order valence-corrected chi connectivity index (χ0v) is 8.53. The predicted molar refractivity (Wildman–Crippen MR) is 58.5 cm³/mol. The number of pyridine rings is 1. The Kier molecular flexibility index (Phi) is 4.29. The molecule has 0 aromatic carbocycles. The Morgan fingerprint density at radius 2 is 2.50 bits per heavy atom. The number of aromatic nitrogens is 1. The van der Waals surface area contributed by atoms with Crippen LogP contribution in [0.15, 0.2) is 31.0 Å². The molecule has 3 N–H and O–H groups in total. The van der Waals surface area contributed by atoms with Gasteiger partial charge in [-0.15, -0.1) is 6.58 Å². The number of rotatable bonds is 5. The first-order valence-electron chi connectivity index (χ1n) is 4.78. The third-order valence-electron chi connectivity index (χ3n) is 2.28. The summed E-state index contributed by atoms with van der Waals surface area (Å²) in [6.07, 6.45) is 5.59. The summed E-state index contributed by atoms with van der Waals surface area (Å²) < 4.78 is 0. The molecule has 0 radical (unpaired) electrons. The highest BCUT2D eigenvalue weighted by molar-refractivity contribution is 5.22. The molecule has 0 aliphatic carbocycles. The van der Waals surface area contributed by atoms with Crippen LogP contribution >= 0.6 is 0 Å². The van der Waals surface area contributed by atoms with Crippen molar-refractivity contribution < 1.29 is 0 Å². The van der Waals surface area contributed by atoms with E-state index in [4.69, 9.17) is 5.84 Å². The first kappa shape index (κ1) is 10.9. The van der Waals surface area contributed by atoms with Crippen LogP contribution in [0.5, 0.6) is 0 Å². The highest BCUT2D eigenvalue weighted by Crippen LogP contribution is 2.19. The van der Waals surface area contributed by atoms with Crippen LogP contribution in [-0.2, 0) is 0 Å². The Morgan fingerprint density at radius 3 is 3.07 bits per heavy atom. The van der Waals surface area contributed by atoms with Gasteiger partial charge in [-0.1, -0.05) is 12.1 Å². The van der Waals surface area contributed by atoms with Gasteiger partial charge in [0.25, 0.3) is 0 Å². The smallest absolute Gasteiger partial charge is 0.0480 e. The molecular weight excluding hydrogens is 174 g/mol. The van der Waals surface area contributed by atoms with Crippen molar-refractivity contribution in [2.45, 2.75) is 25.8 Å². The summed E-state index contributed by atoms with van der Waals surface area (Å²) in [5.41, 5.74) is 5.00. The van der Waals surface area contributed by atoms with Crippen molar-refractivity contribution in [2.75, 3.05) is 0 Å². The van der Waals surface area contributed by atoms with Gasteiger partial charge in [0.15, 0.2) is 0 Å².